The lowest BCUT2D eigenvalue weighted by molar-refractivity contribution is 0.0943. The molecule has 1 unspecified atom stereocenters. The van der Waals surface area contributed by atoms with Crippen LogP contribution in [-0.2, 0) is 0 Å². The van der Waals surface area contributed by atoms with Gasteiger partial charge in [0.15, 0.2) is 0 Å². The molecule has 5 heteroatoms. The number of halogens is 2. The molecule has 0 fully saturated rings. The standard InChI is InChI=1S/C12H12ClIN2O/c1-2-3-9(7-15)16-12(17)10-6-8(13)4-5-11(10)14/h4-6,9H,2-3H2,1H3,(H,16,17). The van der Waals surface area contributed by atoms with Crippen LogP contribution >= 0.6 is 34.2 Å². The number of carbonyl (C=O) groups is 1. The Morgan fingerprint density at radius 2 is 2.35 bits per heavy atom. The van der Waals surface area contributed by atoms with Crippen LogP contribution < -0.4 is 5.32 Å². The Morgan fingerprint density at radius 3 is 2.94 bits per heavy atom. The monoisotopic (exact) mass is 362 g/mol. The van der Waals surface area contributed by atoms with Crippen LogP contribution in [0.1, 0.15) is 30.1 Å². The Hall–Kier alpha value is -0.800. The molecule has 0 aliphatic heterocycles. The predicted molar refractivity (Wildman–Crippen MR) is 75.9 cm³/mol. The first-order chi connectivity index (χ1) is 8.08. The van der Waals surface area contributed by atoms with E-state index in [2.05, 4.69) is 34.0 Å². The summed E-state index contributed by atoms with van der Waals surface area (Å²) in [7, 11) is 0. The first-order valence-corrected chi connectivity index (χ1v) is 6.69. The molecule has 0 saturated carbocycles. The van der Waals surface area contributed by atoms with Gasteiger partial charge in [0.25, 0.3) is 5.91 Å². The minimum absolute atomic E-state index is 0.253. The summed E-state index contributed by atoms with van der Waals surface area (Å²) in [5.74, 6) is -0.253. The fourth-order valence-electron chi connectivity index (χ4n) is 1.37. The fourth-order valence-corrected chi connectivity index (χ4v) is 2.12. The van der Waals surface area contributed by atoms with Crippen LogP contribution in [-0.4, -0.2) is 11.9 Å². The number of nitrogens with one attached hydrogen (secondary N) is 1. The van der Waals surface area contributed by atoms with Crippen molar-refractivity contribution in [2.24, 2.45) is 0 Å². The molecule has 0 aliphatic rings. The van der Waals surface area contributed by atoms with Crippen molar-refractivity contribution in [3.63, 3.8) is 0 Å². The largest absolute Gasteiger partial charge is 0.336 e. The zero-order valence-corrected chi connectivity index (χ0v) is 12.2. The number of carbonyl (C=O) groups excluding carboxylic acids is 1. The van der Waals surface area contributed by atoms with Crippen molar-refractivity contribution < 1.29 is 4.79 Å². The molecular formula is C12H12ClIN2O. The van der Waals surface area contributed by atoms with Crippen molar-refractivity contribution >= 4 is 40.1 Å². The van der Waals surface area contributed by atoms with Gasteiger partial charge in [-0.05, 0) is 47.2 Å². The smallest absolute Gasteiger partial charge is 0.253 e. The van der Waals surface area contributed by atoms with E-state index in [1.165, 1.54) is 0 Å². The number of nitriles is 1. The van der Waals surface area contributed by atoms with Crippen molar-refractivity contribution in [1.29, 1.82) is 5.26 Å². The fraction of sp³-hybridized carbons (Fsp3) is 0.333. The van der Waals surface area contributed by atoms with E-state index >= 15 is 0 Å². The SMILES string of the molecule is CCCC(C#N)NC(=O)c1cc(Cl)ccc1I. The minimum Gasteiger partial charge on any atom is -0.336 e. The number of hydrogen-bond acceptors (Lipinski definition) is 2. The average Bonchev–Trinajstić information content (AvgIpc) is 2.31. The van der Waals surface area contributed by atoms with Gasteiger partial charge in [-0.1, -0.05) is 24.9 Å². The Bertz CT molecular complexity index is 456. The van der Waals surface area contributed by atoms with Gasteiger partial charge >= 0.3 is 0 Å². The zero-order valence-electron chi connectivity index (χ0n) is 9.34. The minimum atomic E-state index is -0.442. The molecule has 0 spiro atoms. The molecule has 0 saturated heterocycles. The summed E-state index contributed by atoms with van der Waals surface area (Å²) in [6, 6.07) is 6.75. The second kappa shape index (κ2) is 6.82. The number of benzene rings is 1. The van der Waals surface area contributed by atoms with E-state index < -0.39 is 6.04 Å². The van der Waals surface area contributed by atoms with Crippen LogP contribution in [0.3, 0.4) is 0 Å². The first-order valence-electron chi connectivity index (χ1n) is 5.24. The second-order valence-corrected chi connectivity index (χ2v) is 5.17. The summed E-state index contributed by atoms with van der Waals surface area (Å²) < 4.78 is 0.817. The third-order valence-electron chi connectivity index (χ3n) is 2.21. The Morgan fingerprint density at radius 1 is 1.65 bits per heavy atom. The van der Waals surface area contributed by atoms with E-state index in [-0.39, 0.29) is 5.91 Å². The highest BCUT2D eigenvalue weighted by Crippen LogP contribution is 2.18. The summed E-state index contributed by atoms with van der Waals surface area (Å²) in [4.78, 5) is 11.9. The molecule has 0 aromatic heterocycles. The molecule has 17 heavy (non-hydrogen) atoms. The molecule has 1 aromatic rings. The van der Waals surface area contributed by atoms with E-state index in [0.29, 0.717) is 17.0 Å². The molecule has 1 aromatic carbocycles. The normalized spacial score (nSPS) is 11.6. The third kappa shape index (κ3) is 4.17. The van der Waals surface area contributed by atoms with E-state index in [1.807, 2.05) is 6.92 Å². The van der Waals surface area contributed by atoms with Crippen molar-refractivity contribution in [3.05, 3.63) is 32.4 Å². The highest BCUT2D eigenvalue weighted by molar-refractivity contribution is 14.1. The van der Waals surface area contributed by atoms with Crippen molar-refractivity contribution in [3.8, 4) is 6.07 Å². The maximum absolute atomic E-state index is 11.9. The van der Waals surface area contributed by atoms with Gasteiger partial charge in [-0.2, -0.15) is 5.26 Å². The van der Waals surface area contributed by atoms with Crippen molar-refractivity contribution in [2.75, 3.05) is 0 Å². The molecule has 3 nitrogen and oxygen atoms in total. The number of hydrogen-bond donors (Lipinski definition) is 1. The molecule has 0 radical (unpaired) electrons. The maximum Gasteiger partial charge on any atom is 0.253 e. The predicted octanol–water partition coefficient (Wildman–Crippen LogP) is 3.37. The average molecular weight is 363 g/mol. The first kappa shape index (κ1) is 14.3. The van der Waals surface area contributed by atoms with E-state index in [4.69, 9.17) is 16.9 Å². The quantitative estimate of drug-likeness (QED) is 0.835. The van der Waals surface area contributed by atoms with Crippen LogP contribution in [0.5, 0.6) is 0 Å². The zero-order chi connectivity index (χ0) is 12.8. The van der Waals surface area contributed by atoms with Crippen LogP contribution in [0.25, 0.3) is 0 Å². The molecule has 1 amide bonds. The van der Waals surface area contributed by atoms with Crippen LogP contribution in [0.2, 0.25) is 5.02 Å². The highest BCUT2D eigenvalue weighted by Gasteiger charge is 2.14. The van der Waals surface area contributed by atoms with Gasteiger partial charge in [-0.25, -0.2) is 0 Å². The summed E-state index contributed by atoms with van der Waals surface area (Å²) >= 11 is 7.91. The van der Waals surface area contributed by atoms with E-state index in [0.717, 1.165) is 9.99 Å². The van der Waals surface area contributed by atoms with Crippen molar-refractivity contribution in [2.45, 2.75) is 25.8 Å². The molecule has 1 rings (SSSR count). The van der Waals surface area contributed by atoms with Gasteiger partial charge in [0.2, 0.25) is 0 Å². The van der Waals surface area contributed by atoms with Gasteiger partial charge in [-0.15, -0.1) is 0 Å². The van der Waals surface area contributed by atoms with Crippen LogP contribution in [0, 0.1) is 14.9 Å². The van der Waals surface area contributed by atoms with Gasteiger partial charge in [0.1, 0.15) is 6.04 Å². The molecule has 0 bridgehead atoms. The lowest BCUT2D eigenvalue weighted by Gasteiger charge is -2.11. The van der Waals surface area contributed by atoms with Crippen molar-refractivity contribution in [1.82, 2.24) is 5.32 Å². The van der Waals surface area contributed by atoms with E-state index in [9.17, 15) is 4.79 Å². The Kier molecular flexibility index (Phi) is 5.72. The second-order valence-electron chi connectivity index (χ2n) is 3.57. The third-order valence-corrected chi connectivity index (χ3v) is 3.39. The molecule has 1 atom stereocenters. The Labute approximate surface area is 119 Å². The van der Waals surface area contributed by atoms with Gasteiger partial charge in [0, 0.05) is 8.59 Å². The molecule has 1 N–H and O–H groups in total. The lowest BCUT2D eigenvalue weighted by Crippen LogP contribution is -2.34. The lowest BCUT2D eigenvalue weighted by atomic mass is 10.1. The van der Waals surface area contributed by atoms with Gasteiger partial charge in [-0.3, -0.25) is 4.79 Å². The number of amides is 1. The maximum atomic E-state index is 11.9. The van der Waals surface area contributed by atoms with Crippen LogP contribution in [0.15, 0.2) is 18.2 Å². The number of rotatable bonds is 4. The topological polar surface area (TPSA) is 52.9 Å². The molecule has 0 heterocycles. The number of nitrogens with zero attached hydrogens (tertiary/aromatic N) is 1. The van der Waals surface area contributed by atoms with Crippen LogP contribution in [0.4, 0.5) is 0 Å². The highest BCUT2D eigenvalue weighted by atomic mass is 127. The molecule has 0 aliphatic carbocycles. The van der Waals surface area contributed by atoms with E-state index in [1.54, 1.807) is 18.2 Å². The molecular weight excluding hydrogens is 351 g/mol. The summed E-state index contributed by atoms with van der Waals surface area (Å²) in [6.45, 7) is 1.97. The molecule has 90 valence electrons. The van der Waals surface area contributed by atoms with Gasteiger partial charge in [0.05, 0.1) is 11.6 Å². The summed E-state index contributed by atoms with van der Waals surface area (Å²) in [5.41, 5.74) is 0.509. The van der Waals surface area contributed by atoms with Gasteiger partial charge < -0.3 is 5.32 Å². The summed E-state index contributed by atoms with van der Waals surface area (Å²) in [5, 5.41) is 12.1. The summed E-state index contributed by atoms with van der Waals surface area (Å²) in [6.07, 6.45) is 1.50. The Balaban J connectivity index is 2.83.